The van der Waals surface area contributed by atoms with E-state index in [1.165, 1.54) is 0 Å². The second-order valence-corrected chi connectivity index (χ2v) is 8.81. The number of hydrogen-bond donors (Lipinski definition) is 3. The highest BCUT2D eigenvalue weighted by atomic mass is 16.6. The van der Waals surface area contributed by atoms with Crippen molar-refractivity contribution < 1.29 is 29.0 Å². The lowest BCUT2D eigenvalue weighted by Crippen LogP contribution is -2.33. The molecule has 2 aliphatic heterocycles. The Hall–Kier alpha value is -2.09. The highest BCUT2D eigenvalue weighted by Crippen LogP contribution is 2.47. The quantitative estimate of drug-likeness (QED) is 0.242. The Morgan fingerprint density at radius 3 is 2.50 bits per heavy atom. The molecule has 0 saturated carbocycles. The number of hydrogen-bond acceptors (Lipinski definition) is 5. The molecule has 2 fully saturated rings. The van der Waals surface area contributed by atoms with Crippen molar-refractivity contribution >= 4 is 18.0 Å². The zero-order chi connectivity index (χ0) is 23.2. The molecule has 0 spiro atoms. The van der Waals surface area contributed by atoms with E-state index >= 15 is 0 Å². The molecule has 2 saturated heterocycles. The summed E-state index contributed by atoms with van der Waals surface area (Å²) >= 11 is 0. The molecule has 0 radical (unpaired) electrons. The standard InChI is InChI=1S/C24H40N2O6/c1-2-3-15-26-24(30)31-17-22(27)25-16-9-8-11-19-18(20-13-14-21(19)32-20)10-6-4-5-7-12-23(28)29/h4,6,18-21H,2-3,5,7-17H2,1H3,(H,25,27)(H,26,30)(H,28,29)/b6-4-/t18-,19+,20-,21+/m1/s1. The van der Waals surface area contributed by atoms with Gasteiger partial charge < -0.3 is 25.2 Å². The number of nitrogens with one attached hydrogen (secondary N) is 2. The highest BCUT2D eigenvalue weighted by Gasteiger charge is 2.47. The monoisotopic (exact) mass is 452 g/mol. The fraction of sp³-hybridized carbons (Fsp3) is 0.792. The summed E-state index contributed by atoms with van der Waals surface area (Å²) in [4.78, 5) is 33.8. The van der Waals surface area contributed by atoms with Crippen LogP contribution >= 0.6 is 0 Å². The number of carboxylic acids is 1. The third kappa shape index (κ3) is 9.59. The van der Waals surface area contributed by atoms with Crippen LogP contribution in [0.5, 0.6) is 0 Å². The lowest BCUT2D eigenvalue weighted by atomic mass is 9.75. The van der Waals surface area contributed by atoms with Crippen LogP contribution in [0.3, 0.4) is 0 Å². The van der Waals surface area contributed by atoms with Gasteiger partial charge in [-0.25, -0.2) is 4.79 Å². The predicted octanol–water partition coefficient (Wildman–Crippen LogP) is 3.79. The van der Waals surface area contributed by atoms with Crippen LogP contribution in [0.4, 0.5) is 4.79 Å². The van der Waals surface area contributed by atoms with Gasteiger partial charge in [-0.05, 0) is 63.2 Å². The van der Waals surface area contributed by atoms with Gasteiger partial charge in [-0.2, -0.15) is 0 Å². The Balaban J connectivity index is 1.57. The maximum atomic E-state index is 11.8. The van der Waals surface area contributed by atoms with Crippen molar-refractivity contribution in [2.45, 2.75) is 89.8 Å². The Bertz CT molecular complexity index is 624. The molecule has 0 aliphatic carbocycles. The number of allylic oxidation sites excluding steroid dienone is 2. The summed E-state index contributed by atoms with van der Waals surface area (Å²) in [5.41, 5.74) is 0. The lowest BCUT2D eigenvalue weighted by Gasteiger charge is -2.27. The van der Waals surface area contributed by atoms with Crippen LogP contribution in [-0.4, -0.2) is 55.0 Å². The van der Waals surface area contributed by atoms with Crippen molar-refractivity contribution in [2.75, 3.05) is 19.7 Å². The van der Waals surface area contributed by atoms with Crippen molar-refractivity contribution in [3.63, 3.8) is 0 Å². The number of ether oxygens (including phenoxy) is 2. The normalized spacial score (nSPS) is 24.0. The van der Waals surface area contributed by atoms with Crippen LogP contribution in [0.25, 0.3) is 0 Å². The fourth-order valence-corrected chi connectivity index (χ4v) is 4.67. The zero-order valence-electron chi connectivity index (χ0n) is 19.4. The van der Waals surface area contributed by atoms with Crippen molar-refractivity contribution in [3.05, 3.63) is 12.2 Å². The van der Waals surface area contributed by atoms with Crippen LogP contribution in [0.2, 0.25) is 0 Å². The number of unbranched alkanes of at least 4 members (excludes halogenated alkanes) is 3. The maximum Gasteiger partial charge on any atom is 0.407 e. The average molecular weight is 453 g/mol. The number of amides is 2. The van der Waals surface area contributed by atoms with Gasteiger partial charge in [0.1, 0.15) is 0 Å². The van der Waals surface area contributed by atoms with Crippen LogP contribution < -0.4 is 10.6 Å². The molecule has 0 unspecified atom stereocenters. The largest absolute Gasteiger partial charge is 0.481 e. The van der Waals surface area contributed by atoms with Gasteiger partial charge in [0, 0.05) is 19.5 Å². The molecular weight excluding hydrogens is 412 g/mol. The predicted molar refractivity (Wildman–Crippen MR) is 121 cm³/mol. The minimum absolute atomic E-state index is 0.221. The molecule has 4 atom stereocenters. The van der Waals surface area contributed by atoms with E-state index in [0.29, 0.717) is 43.6 Å². The van der Waals surface area contributed by atoms with Gasteiger partial charge >= 0.3 is 12.1 Å². The molecule has 0 aromatic rings. The number of alkyl carbamates (subject to hydrolysis) is 1. The minimum atomic E-state index is -0.739. The molecule has 2 bridgehead atoms. The minimum Gasteiger partial charge on any atom is -0.481 e. The highest BCUT2D eigenvalue weighted by molar-refractivity contribution is 5.79. The van der Waals surface area contributed by atoms with E-state index in [2.05, 4.69) is 22.8 Å². The van der Waals surface area contributed by atoms with Gasteiger partial charge in [-0.1, -0.05) is 31.9 Å². The van der Waals surface area contributed by atoms with Gasteiger partial charge in [0.2, 0.25) is 0 Å². The first-order valence-corrected chi connectivity index (χ1v) is 12.2. The molecule has 0 aromatic carbocycles. The summed E-state index contributed by atoms with van der Waals surface area (Å²) in [7, 11) is 0. The van der Waals surface area contributed by atoms with E-state index in [4.69, 9.17) is 14.6 Å². The zero-order valence-corrected chi connectivity index (χ0v) is 19.4. The van der Waals surface area contributed by atoms with Gasteiger partial charge in [0.05, 0.1) is 12.2 Å². The Morgan fingerprint density at radius 2 is 1.75 bits per heavy atom. The second kappa shape index (κ2) is 14.9. The van der Waals surface area contributed by atoms with Crippen LogP contribution in [0.1, 0.15) is 77.6 Å². The van der Waals surface area contributed by atoms with E-state index in [0.717, 1.165) is 57.8 Å². The first-order valence-electron chi connectivity index (χ1n) is 12.2. The number of carboxylic acid groups (broad SMARTS) is 1. The van der Waals surface area contributed by atoms with E-state index < -0.39 is 12.1 Å². The van der Waals surface area contributed by atoms with Crippen LogP contribution in [-0.2, 0) is 19.1 Å². The van der Waals surface area contributed by atoms with Crippen molar-refractivity contribution in [2.24, 2.45) is 11.8 Å². The van der Waals surface area contributed by atoms with Gasteiger partial charge in [-0.3, -0.25) is 9.59 Å². The third-order valence-electron chi connectivity index (χ3n) is 6.35. The number of carbonyl (C=O) groups is 3. The molecule has 2 aliphatic rings. The smallest absolute Gasteiger partial charge is 0.407 e. The first kappa shape index (κ1) is 26.2. The first-order chi connectivity index (χ1) is 15.5. The van der Waals surface area contributed by atoms with E-state index in [9.17, 15) is 14.4 Å². The molecule has 3 N–H and O–H groups in total. The topological polar surface area (TPSA) is 114 Å². The van der Waals surface area contributed by atoms with E-state index in [1.54, 1.807) is 0 Å². The Labute approximate surface area is 191 Å². The second-order valence-electron chi connectivity index (χ2n) is 8.81. The molecule has 8 nitrogen and oxygen atoms in total. The van der Waals surface area contributed by atoms with Crippen LogP contribution in [0.15, 0.2) is 12.2 Å². The summed E-state index contributed by atoms with van der Waals surface area (Å²) in [6.07, 6.45) is 14.3. The Kier molecular flexibility index (Phi) is 12.2. The van der Waals surface area contributed by atoms with Gasteiger partial charge in [0.25, 0.3) is 5.91 Å². The van der Waals surface area contributed by atoms with Crippen molar-refractivity contribution in [1.82, 2.24) is 10.6 Å². The summed E-state index contributed by atoms with van der Waals surface area (Å²) in [5.74, 6) is 0.0864. The number of carbonyl (C=O) groups excluding carboxylic acids is 2. The Morgan fingerprint density at radius 1 is 1.00 bits per heavy atom. The third-order valence-corrected chi connectivity index (χ3v) is 6.35. The summed E-state index contributed by atoms with van der Waals surface area (Å²) in [5, 5.41) is 14.1. The molecule has 2 rings (SSSR count). The summed E-state index contributed by atoms with van der Waals surface area (Å²) in [6.45, 7) is 2.93. The van der Waals surface area contributed by atoms with E-state index in [1.807, 2.05) is 6.92 Å². The summed E-state index contributed by atoms with van der Waals surface area (Å²) < 4.78 is 11.1. The van der Waals surface area contributed by atoms with Gasteiger partial charge in [0.15, 0.2) is 6.61 Å². The van der Waals surface area contributed by atoms with Crippen LogP contribution in [0, 0.1) is 11.8 Å². The molecule has 2 amide bonds. The van der Waals surface area contributed by atoms with Crippen molar-refractivity contribution in [1.29, 1.82) is 0 Å². The fourth-order valence-electron chi connectivity index (χ4n) is 4.67. The molecule has 182 valence electrons. The molecule has 8 heteroatoms. The molecule has 2 heterocycles. The number of aliphatic carboxylic acids is 1. The molecular formula is C24H40N2O6. The lowest BCUT2D eigenvalue weighted by molar-refractivity contribution is -0.137. The number of rotatable bonds is 16. The average Bonchev–Trinajstić information content (AvgIpc) is 3.36. The molecule has 32 heavy (non-hydrogen) atoms. The SMILES string of the molecule is CCCCNC(=O)OCC(=O)NCCCC[C@H]1[C@@H](C/C=C\CCCC(=O)O)[C@H]2CC[C@@H]1O2. The van der Waals surface area contributed by atoms with E-state index in [-0.39, 0.29) is 18.9 Å². The van der Waals surface area contributed by atoms with Crippen molar-refractivity contribution in [3.8, 4) is 0 Å². The summed E-state index contributed by atoms with van der Waals surface area (Å²) in [6, 6.07) is 0. The maximum absolute atomic E-state index is 11.8. The molecule has 0 aromatic heterocycles. The number of fused-ring (bicyclic) bond motifs is 2. The van der Waals surface area contributed by atoms with Gasteiger partial charge in [-0.15, -0.1) is 0 Å².